The van der Waals surface area contributed by atoms with Gasteiger partial charge in [-0.25, -0.2) is 4.39 Å². The van der Waals surface area contributed by atoms with Crippen molar-refractivity contribution in [3.63, 3.8) is 0 Å². The quantitative estimate of drug-likeness (QED) is 0.740. The molecule has 14 heavy (non-hydrogen) atoms. The molecule has 2 rings (SSSR count). The van der Waals surface area contributed by atoms with Crippen LogP contribution < -0.4 is 4.74 Å². The van der Waals surface area contributed by atoms with Gasteiger partial charge in [0.05, 0.1) is 10.6 Å². The second-order valence-electron chi connectivity index (χ2n) is 3.34. The van der Waals surface area contributed by atoms with Crippen LogP contribution in [0.2, 0.25) is 0 Å². The average molecular weight is 263 g/mol. The fourth-order valence-corrected chi connectivity index (χ4v) is 1.57. The van der Waals surface area contributed by atoms with Crippen LogP contribution in [0.3, 0.4) is 0 Å². The fraction of sp³-hybridized carbons (Fsp3) is 0.400. The molecule has 1 aromatic carbocycles. The molecule has 0 N–H and O–H groups in total. The minimum atomic E-state index is -0.911. The number of rotatable bonds is 2. The van der Waals surface area contributed by atoms with Crippen LogP contribution >= 0.6 is 15.9 Å². The summed E-state index contributed by atoms with van der Waals surface area (Å²) in [4.78, 5) is 0. The van der Waals surface area contributed by atoms with Crippen molar-refractivity contribution in [3.8, 4) is 5.75 Å². The zero-order chi connectivity index (χ0) is 10.1. The smallest absolute Gasteiger partial charge is 0.201 e. The first-order valence-electron chi connectivity index (χ1n) is 4.48. The van der Waals surface area contributed by atoms with E-state index in [2.05, 4.69) is 15.9 Å². The van der Waals surface area contributed by atoms with Crippen LogP contribution in [0.25, 0.3) is 0 Å². The van der Waals surface area contributed by atoms with E-state index in [9.17, 15) is 8.78 Å². The van der Waals surface area contributed by atoms with E-state index in [0.717, 1.165) is 19.3 Å². The highest BCUT2D eigenvalue weighted by molar-refractivity contribution is 9.10. The number of halogens is 3. The van der Waals surface area contributed by atoms with E-state index < -0.39 is 11.6 Å². The monoisotopic (exact) mass is 262 g/mol. The van der Waals surface area contributed by atoms with Crippen LogP contribution in [-0.4, -0.2) is 6.10 Å². The molecule has 0 bridgehead atoms. The third kappa shape index (κ3) is 1.75. The molecule has 0 saturated heterocycles. The molecule has 0 atom stereocenters. The van der Waals surface area contributed by atoms with Gasteiger partial charge in [-0.2, -0.15) is 4.39 Å². The second kappa shape index (κ2) is 3.85. The third-order valence-electron chi connectivity index (χ3n) is 2.35. The van der Waals surface area contributed by atoms with Gasteiger partial charge >= 0.3 is 0 Å². The molecule has 76 valence electrons. The Labute approximate surface area is 89.2 Å². The molecule has 1 aliphatic rings. The predicted octanol–water partition coefficient (Wildman–Crippen LogP) is 3.66. The zero-order valence-electron chi connectivity index (χ0n) is 7.40. The van der Waals surface area contributed by atoms with E-state index in [-0.39, 0.29) is 16.3 Å². The summed E-state index contributed by atoms with van der Waals surface area (Å²) in [5, 5.41) is 0. The van der Waals surface area contributed by atoms with Gasteiger partial charge in [0, 0.05) is 0 Å². The Morgan fingerprint density at radius 2 is 1.93 bits per heavy atom. The molecule has 1 aromatic rings. The summed E-state index contributed by atoms with van der Waals surface area (Å²) in [5.74, 6) is -1.79. The van der Waals surface area contributed by atoms with Gasteiger partial charge in [0.1, 0.15) is 0 Å². The lowest BCUT2D eigenvalue weighted by atomic mass is 9.96. The summed E-state index contributed by atoms with van der Waals surface area (Å²) in [6.45, 7) is 0. The van der Waals surface area contributed by atoms with Gasteiger partial charge in [0.2, 0.25) is 5.82 Å². The number of ether oxygens (including phenoxy) is 1. The van der Waals surface area contributed by atoms with Gasteiger partial charge < -0.3 is 4.74 Å². The molecule has 0 spiro atoms. The van der Waals surface area contributed by atoms with E-state index in [1.165, 1.54) is 12.1 Å². The third-order valence-corrected chi connectivity index (χ3v) is 2.96. The number of hydrogen-bond donors (Lipinski definition) is 0. The lowest BCUT2D eigenvalue weighted by molar-refractivity contribution is 0.114. The maximum Gasteiger partial charge on any atom is 0.201 e. The predicted molar refractivity (Wildman–Crippen MR) is 52.3 cm³/mol. The van der Waals surface area contributed by atoms with Crippen LogP contribution in [0.4, 0.5) is 8.78 Å². The van der Waals surface area contributed by atoms with E-state index in [1.807, 2.05) is 0 Å². The van der Waals surface area contributed by atoms with Crippen LogP contribution in [0.15, 0.2) is 16.6 Å². The minimum Gasteiger partial charge on any atom is -0.487 e. The van der Waals surface area contributed by atoms with Gasteiger partial charge in [-0.05, 0) is 47.3 Å². The van der Waals surface area contributed by atoms with Gasteiger partial charge in [0.25, 0.3) is 0 Å². The van der Waals surface area contributed by atoms with Crippen LogP contribution in [0.1, 0.15) is 19.3 Å². The second-order valence-corrected chi connectivity index (χ2v) is 4.20. The summed E-state index contributed by atoms with van der Waals surface area (Å²) in [5.41, 5.74) is 0. The summed E-state index contributed by atoms with van der Waals surface area (Å²) in [6.07, 6.45) is 3.02. The summed E-state index contributed by atoms with van der Waals surface area (Å²) >= 11 is 2.91. The Balaban J connectivity index is 2.20. The van der Waals surface area contributed by atoms with Crippen molar-refractivity contribution in [3.05, 3.63) is 28.2 Å². The van der Waals surface area contributed by atoms with Crippen molar-refractivity contribution in [1.29, 1.82) is 0 Å². The van der Waals surface area contributed by atoms with Gasteiger partial charge in [-0.15, -0.1) is 0 Å². The molecule has 1 saturated carbocycles. The zero-order valence-corrected chi connectivity index (χ0v) is 8.98. The van der Waals surface area contributed by atoms with Crippen molar-refractivity contribution in [2.24, 2.45) is 0 Å². The van der Waals surface area contributed by atoms with Crippen molar-refractivity contribution < 1.29 is 13.5 Å². The fourth-order valence-electron chi connectivity index (χ4n) is 1.27. The standard InChI is InChI=1S/C10H9BrF2O/c11-7-4-5-8(10(13)9(7)12)14-6-2-1-3-6/h4-6H,1-3H2. The molecule has 1 aliphatic carbocycles. The molecule has 0 heterocycles. The maximum atomic E-state index is 13.3. The molecule has 0 radical (unpaired) electrons. The molecular weight excluding hydrogens is 254 g/mol. The van der Waals surface area contributed by atoms with Gasteiger partial charge in [-0.3, -0.25) is 0 Å². The Morgan fingerprint density at radius 1 is 1.21 bits per heavy atom. The number of benzene rings is 1. The summed E-state index contributed by atoms with van der Waals surface area (Å²) < 4.78 is 31.7. The van der Waals surface area contributed by atoms with Crippen LogP contribution in [-0.2, 0) is 0 Å². The van der Waals surface area contributed by atoms with Crippen LogP contribution in [0.5, 0.6) is 5.75 Å². The van der Waals surface area contributed by atoms with Crippen molar-refractivity contribution in [2.45, 2.75) is 25.4 Å². The highest BCUT2D eigenvalue weighted by Gasteiger charge is 2.22. The number of hydrogen-bond acceptors (Lipinski definition) is 1. The Bertz CT molecular complexity index is 350. The van der Waals surface area contributed by atoms with E-state index >= 15 is 0 Å². The molecule has 0 aliphatic heterocycles. The minimum absolute atomic E-state index is 0.00963. The molecule has 0 amide bonds. The highest BCUT2D eigenvalue weighted by atomic mass is 79.9. The lowest BCUT2D eigenvalue weighted by Gasteiger charge is -2.26. The Morgan fingerprint density at radius 3 is 2.50 bits per heavy atom. The molecule has 1 nitrogen and oxygen atoms in total. The first-order valence-corrected chi connectivity index (χ1v) is 5.28. The van der Waals surface area contributed by atoms with Gasteiger partial charge in [-0.1, -0.05) is 0 Å². The Hall–Kier alpha value is -0.640. The van der Waals surface area contributed by atoms with E-state index in [0.29, 0.717) is 0 Å². The topological polar surface area (TPSA) is 9.23 Å². The molecule has 1 fully saturated rings. The summed E-state index contributed by atoms with van der Waals surface area (Å²) in [7, 11) is 0. The first kappa shape index (κ1) is 9.90. The first-order chi connectivity index (χ1) is 6.68. The van der Waals surface area contributed by atoms with E-state index in [1.54, 1.807) is 0 Å². The maximum absolute atomic E-state index is 13.3. The van der Waals surface area contributed by atoms with Gasteiger partial charge in [0.15, 0.2) is 11.6 Å². The molecule has 0 aromatic heterocycles. The molecule has 4 heteroatoms. The normalized spacial score (nSPS) is 16.5. The highest BCUT2D eigenvalue weighted by Crippen LogP contribution is 2.30. The SMILES string of the molecule is Fc1c(Br)ccc(OC2CCC2)c1F. The van der Waals surface area contributed by atoms with Crippen molar-refractivity contribution in [2.75, 3.05) is 0 Å². The largest absolute Gasteiger partial charge is 0.487 e. The van der Waals surface area contributed by atoms with E-state index in [4.69, 9.17) is 4.74 Å². The molecule has 0 unspecified atom stereocenters. The van der Waals surface area contributed by atoms with Crippen LogP contribution in [0, 0.1) is 11.6 Å². The lowest BCUT2D eigenvalue weighted by Crippen LogP contribution is -2.25. The molecular formula is C10H9BrF2O. The van der Waals surface area contributed by atoms with Crippen molar-refractivity contribution >= 4 is 15.9 Å². The average Bonchev–Trinajstić information content (AvgIpc) is 2.10. The Kier molecular flexibility index (Phi) is 2.72. The summed E-state index contributed by atoms with van der Waals surface area (Å²) in [6, 6.07) is 2.90. The van der Waals surface area contributed by atoms with Crippen molar-refractivity contribution in [1.82, 2.24) is 0 Å².